The first kappa shape index (κ1) is 15.7. The molecule has 2 aromatic rings. The van der Waals surface area contributed by atoms with E-state index in [1.165, 1.54) is 7.11 Å². The Morgan fingerprint density at radius 2 is 2.13 bits per heavy atom. The minimum atomic E-state index is -0.552. The summed E-state index contributed by atoms with van der Waals surface area (Å²) < 4.78 is 15.9. The molecule has 0 saturated carbocycles. The molecule has 1 aromatic carbocycles. The molecule has 1 aliphatic rings. The summed E-state index contributed by atoms with van der Waals surface area (Å²) in [6, 6.07) is 9.77. The second-order valence-corrected chi connectivity index (χ2v) is 5.66. The van der Waals surface area contributed by atoms with Gasteiger partial charge in [0.1, 0.15) is 6.26 Å². The van der Waals surface area contributed by atoms with Crippen molar-refractivity contribution < 1.29 is 18.7 Å². The van der Waals surface area contributed by atoms with Crippen LogP contribution < -0.4 is 0 Å². The normalized spacial score (nSPS) is 22.0. The van der Waals surface area contributed by atoms with Crippen molar-refractivity contribution in [1.82, 2.24) is 9.88 Å². The molecule has 122 valence electrons. The molecular formula is C17H20N2O4. The van der Waals surface area contributed by atoms with Gasteiger partial charge in [0, 0.05) is 25.2 Å². The maximum absolute atomic E-state index is 11.7. The van der Waals surface area contributed by atoms with Crippen LogP contribution in [0.2, 0.25) is 0 Å². The Balaban J connectivity index is 1.67. The van der Waals surface area contributed by atoms with E-state index in [0.29, 0.717) is 19.0 Å². The Morgan fingerprint density at radius 3 is 2.87 bits per heavy atom. The fourth-order valence-electron chi connectivity index (χ4n) is 2.75. The van der Waals surface area contributed by atoms with E-state index < -0.39 is 6.10 Å². The Labute approximate surface area is 135 Å². The van der Waals surface area contributed by atoms with Crippen molar-refractivity contribution in [1.29, 1.82) is 0 Å². The molecule has 2 atom stereocenters. The van der Waals surface area contributed by atoms with E-state index >= 15 is 0 Å². The van der Waals surface area contributed by atoms with E-state index in [-0.39, 0.29) is 12.1 Å². The minimum Gasteiger partial charge on any atom is -0.467 e. The molecule has 0 N–H and O–H groups in total. The van der Waals surface area contributed by atoms with Gasteiger partial charge in [-0.3, -0.25) is 4.90 Å². The van der Waals surface area contributed by atoms with Gasteiger partial charge in [-0.1, -0.05) is 18.2 Å². The van der Waals surface area contributed by atoms with Gasteiger partial charge >= 0.3 is 5.97 Å². The SMILES string of the molecule is COC(=O)[C@@H]1CN(Cc2coc(-c3ccccc3)n2)C[C@@H](C)O1. The molecule has 6 heteroatoms. The Hall–Kier alpha value is -2.18. The fourth-order valence-corrected chi connectivity index (χ4v) is 2.75. The summed E-state index contributed by atoms with van der Waals surface area (Å²) in [5.74, 6) is 0.262. The molecule has 6 nitrogen and oxygen atoms in total. The maximum atomic E-state index is 11.7. The zero-order valence-corrected chi connectivity index (χ0v) is 13.3. The van der Waals surface area contributed by atoms with Crippen LogP contribution in [0.15, 0.2) is 41.0 Å². The highest BCUT2D eigenvalue weighted by atomic mass is 16.6. The van der Waals surface area contributed by atoms with Crippen LogP contribution in [0.25, 0.3) is 11.5 Å². The average Bonchev–Trinajstić information content (AvgIpc) is 3.03. The molecule has 1 fully saturated rings. The van der Waals surface area contributed by atoms with E-state index in [0.717, 1.165) is 17.8 Å². The molecule has 0 spiro atoms. The topological polar surface area (TPSA) is 64.8 Å². The number of carbonyl (C=O) groups excluding carboxylic acids is 1. The van der Waals surface area contributed by atoms with Gasteiger partial charge in [0.2, 0.25) is 5.89 Å². The number of benzene rings is 1. The summed E-state index contributed by atoms with van der Waals surface area (Å²) in [5, 5.41) is 0. The van der Waals surface area contributed by atoms with Gasteiger partial charge in [0.05, 0.1) is 18.9 Å². The van der Waals surface area contributed by atoms with Crippen molar-refractivity contribution in [3.8, 4) is 11.5 Å². The molecule has 0 amide bonds. The summed E-state index contributed by atoms with van der Waals surface area (Å²) in [6.07, 6.45) is 1.08. The van der Waals surface area contributed by atoms with Gasteiger partial charge in [-0.05, 0) is 19.1 Å². The van der Waals surface area contributed by atoms with Gasteiger partial charge in [0.15, 0.2) is 6.10 Å². The third-order valence-corrected chi connectivity index (χ3v) is 3.76. The molecule has 1 aliphatic heterocycles. The predicted molar refractivity (Wildman–Crippen MR) is 83.6 cm³/mol. The van der Waals surface area contributed by atoms with E-state index in [2.05, 4.69) is 9.88 Å². The first-order valence-corrected chi connectivity index (χ1v) is 7.61. The lowest BCUT2D eigenvalue weighted by atomic mass is 10.2. The number of esters is 1. The number of hydrogen-bond acceptors (Lipinski definition) is 6. The second kappa shape index (κ2) is 6.93. The first-order valence-electron chi connectivity index (χ1n) is 7.61. The number of aromatic nitrogens is 1. The van der Waals surface area contributed by atoms with Gasteiger partial charge in [-0.25, -0.2) is 9.78 Å². The number of rotatable bonds is 4. The molecule has 23 heavy (non-hydrogen) atoms. The van der Waals surface area contributed by atoms with Crippen molar-refractivity contribution >= 4 is 5.97 Å². The third kappa shape index (κ3) is 3.78. The number of morpholine rings is 1. The average molecular weight is 316 g/mol. The molecule has 0 unspecified atom stereocenters. The van der Waals surface area contributed by atoms with Gasteiger partial charge < -0.3 is 13.9 Å². The predicted octanol–water partition coefficient (Wildman–Crippen LogP) is 2.10. The zero-order valence-electron chi connectivity index (χ0n) is 13.3. The zero-order chi connectivity index (χ0) is 16.2. The van der Waals surface area contributed by atoms with Crippen LogP contribution in [0.4, 0.5) is 0 Å². The van der Waals surface area contributed by atoms with Gasteiger partial charge in [-0.15, -0.1) is 0 Å². The standard InChI is InChI=1S/C17H20N2O4/c1-12-8-19(10-15(23-12)17(20)21-2)9-14-11-22-16(18-14)13-6-4-3-5-7-13/h3-7,11-12,15H,8-10H2,1-2H3/t12-,15+/m1/s1. The minimum absolute atomic E-state index is 0.0339. The lowest BCUT2D eigenvalue weighted by molar-refractivity contribution is -0.166. The van der Waals surface area contributed by atoms with E-state index in [9.17, 15) is 4.79 Å². The summed E-state index contributed by atoms with van der Waals surface area (Å²) >= 11 is 0. The van der Waals surface area contributed by atoms with Gasteiger partial charge in [0.25, 0.3) is 0 Å². The van der Waals surface area contributed by atoms with Crippen LogP contribution >= 0.6 is 0 Å². The number of hydrogen-bond donors (Lipinski definition) is 0. The molecule has 1 saturated heterocycles. The first-order chi connectivity index (χ1) is 11.2. The lowest BCUT2D eigenvalue weighted by Gasteiger charge is -2.34. The van der Waals surface area contributed by atoms with Crippen molar-refractivity contribution in [2.75, 3.05) is 20.2 Å². The Kier molecular flexibility index (Phi) is 4.73. The number of oxazole rings is 1. The smallest absolute Gasteiger partial charge is 0.336 e. The van der Waals surface area contributed by atoms with Crippen LogP contribution in [-0.4, -0.2) is 48.3 Å². The van der Waals surface area contributed by atoms with Crippen LogP contribution in [-0.2, 0) is 20.8 Å². The summed E-state index contributed by atoms with van der Waals surface area (Å²) in [7, 11) is 1.37. The van der Waals surface area contributed by atoms with E-state index in [1.54, 1.807) is 6.26 Å². The Bertz CT molecular complexity index is 656. The summed E-state index contributed by atoms with van der Waals surface area (Å²) in [5.41, 5.74) is 1.78. The molecule has 0 radical (unpaired) electrons. The summed E-state index contributed by atoms with van der Waals surface area (Å²) in [4.78, 5) is 18.3. The summed E-state index contributed by atoms with van der Waals surface area (Å²) in [6.45, 7) is 3.78. The molecule has 3 rings (SSSR count). The van der Waals surface area contributed by atoms with Crippen molar-refractivity contribution in [2.45, 2.75) is 25.7 Å². The van der Waals surface area contributed by atoms with Gasteiger partial charge in [-0.2, -0.15) is 0 Å². The molecule has 0 bridgehead atoms. The highest BCUT2D eigenvalue weighted by Crippen LogP contribution is 2.20. The Morgan fingerprint density at radius 1 is 1.35 bits per heavy atom. The monoisotopic (exact) mass is 316 g/mol. The van der Waals surface area contributed by atoms with Crippen LogP contribution in [0.3, 0.4) is 0 Å². The lowest BCUT2D eigenvalue weighted by Crippen LogP contribution is -2.49. The molecule has 2 heterocycles. The second-order valence-electron chi connectivity index (χ2n) is 5.66. The molecule has 0 aliphatic carbocycles. The van der Waals surface area contributed by atoms with Crippen molar-refractivity contribution in [2.24, 2.45) is 0 Å². The fraction of sp³-hybridized carbons (Fsp3) is 0.412. The maximum Gasteiger partial charge on any atom is 0.336 e. The van der Waals surface area contributed by atoms with Crippen LogP contribution in [0.5, 0.6) is 0 Å². The van der Waals surface area contributed by atoms with E-state index in [1.807, 2.05) is 37.3 Å². The highest BCUT2D eigenvalue weighted by molar-refractivity contribution is 5.75. The number of nitrogens with zero attached hydrogens (tertiary/aromatic N) is 2. The molecular weight excluding hydrogens is 296 g/mol. The van der Waals surface area contributed by atoms with E-state index in [4.69, 9.17) is 13.9 Å². The number of ether oxygens (including phenoxy) is 2. The number of methoxy groups -OCH3 is 1. The molecule has 1 aromatic heterocycles. The largest absolute Gasteiger partial charge is 0.467 e. The number of carbonyl (C=O) groups is 1. The highest BCUT2D eigenvalue weighted by Gasteiger charge is 2.31. The van der Waals surface area contributed by atoms with Crippen LogP contribution in [0.1, 0.15) is 12.6 Å². The van der Waals surface area contributed by atoms with Crippen molar-refractivity contribution in [3.05, 3.63) is 42.3 Å². The quantitative estimate of drug-likeness (QED) is 0.805. The third-order valence-electron chi connectivity index (χ3n) is 3.76. The van der Waals surface area contributed by atoms with Crippen molar-refractivity contribution in [3.63, 3.8) is 0 Å². The van der Waals surface area contributed by atoms with Crippen LogP contribution in [0, 0.1) is 0 Å².